The van der Waals surface area contributed by atoms with Crippen molar-refractivity contribution in [3.63, 3.8) is 0 Å². The van der Waals surface area contributed by atoms with Crippen molar-refractivity contribution in [3.8, 4) is 11.5 Å². The first-order chi connectivity index (χ1) is 14.3. The second-order valence-corrected chi connectivity index (χ2v) is 8.45. The summed E-state index contributed by atoms with van der Waals surface area (Å²) < 4.78 is 11.1. The van der Waals surface area contributed by atoms with Gasteiger partial charge in [0.2, 0.25) is 0 Å². The third-order valence-electron chi connectivity index (χ3n) is 3.92. The predicted molar refractivity (Wildman–Crippen MR) is 121 cm³/mol. The minimum Gasteiger partial charge on any atom is -0.493 e. The lowest BCUT2D eigenvalue weighted by Gasteiger charge is -2.12. The van der Waals surface area contributed by atoms with Crippen LogP contribution in [0.15, 0.2) is 44.7 Å². The van der Waals surface area contributed by atoms with Crippen LogP contribution in [0.3, 0.4) is 0 Å². The van der Waals surface area contributed by atoms with Crippen LogP contribution in [0.5, 0.6) is 11.5 Å². The Labute approximate surface area is 190 Å². The van der Waals surface area contributed by atoms with E-state index in [0.717, 1.165) is 5.56 Å². The Balaban J connectivity index is 1.86. The zero-order valence-corrected chi connectivity index (χ0v) is 19.0. The number of nitrogens with one attached hydrogen (secondary N) is 1. The maximum atomic E-state index is 12.4. The van der Waals surface area contributed by atoms with Gasteiger partial charge in [0.1, 0.15) is 0 Å². The molecule has 10 heteroatoms. The Morgan fingerprint density at radius 3 is 2.80 bits per heavy atom. The Morgan fingerprint density at radius 1 is 1.37 bits per heavy atom. The highest BCUT2D eigenvalue weighted by Crippen LogP contribution is 2.38. The van der Waals surface area contributed by atoms with Crippen molar-refractivity contribution in [1.29, 1.82) is 0 Å². The standard InChI is InChI=1S/C20H16BrClN2O5S/c1-10-5-12(22)3-4-14(10)23-20-24-19(27)16(30-20)8-11-6-13(21)18(15(7-11)28-2)29-9-17(25)26/h3-8H,9H2,1-2H3,(H,25,26)(H,23,24,27)/b16-8-. The van der Waals surface area contributed by atoms with Crippen LogP contribution in [0.1, 0.15) is 11.1 Å². The van der Waals surface area contributed by atoms with Crippen LogP contribution in [0.4, 0.5) is 5.69 Å². The molecule has 0 atom stereocenters. The molecule has 1 saturated heterocycles. The second kappa shape index (κ2) is 9.55. The fourth-order valence-corrected chi connectivity index (χ4v) is 4.22. The minimum atomic E-state index is -1.10. The molecule has 30 heavy (non-hydrogen) atoms. The predicted octanol–water partition coefficient (Wildman–Crippen LogP) is 4.77. The number of methoxy groups -OCH3 is 1. The molecule has 0 saturated carbocycles. The SMILES string of the molecule is COc1cc(/C=C2\SC(=Nc3ccc(Cl)cc3C)NC2=O)cc(Br)c1OCC(=O)O. The van der Waals surface area contributed by atoms with Crippen molar-refractivity contribution in [1.82, 2.24) is 5.32 Å². The smallest absolute Gasteiger partial charge is 0.341 e. The van der Waals surface area contributed by atoms with Crippen LogP contribution < -0.4 is 14.8 Å². The zero-order chi connectivity index (χ0) is 21.8. The Morgan fingerprint density at radius 2 is 2.13 bits per heavy atom. The molecule has 3 rings (SSSR count). The number of aliphatic carboxylic acids is 1. The van der Waals surface area contributed by atoms with Gasteiger partial charge in [0.25, 0.3) is 5.91 Å². The molecule has 2 aromatic rings. The number of ether oxygens (including phenoxy) is 2. The fraction of sp³-hybridized carbons (Fsp3) is 0.150. The molecule has 1 aliphatic heterocycles. The van der Waals surface area contributed by atoms with Gasteiger partial charge < -0.3 is 19.9 Å². The van der Waals surface area contributed by atoms with E-state index in [1.165, 1.54) is 18.9 Å². The van der Waals surface area contributed by atoms with Crippen LogP contribution >= 0.6 is 39.3 Å². The van der Waals surface area contributed by atoms with Gasteiger partial charge in [-0.25, -0.2) is 9.79 Å². The Bertz CT molecular complexity index is 1090. The van der Waals surface area contributed by atoms with E-state index in [4.69, 9.17) is 26.2 Å². The van der Waals surface area contributed by atoms with Crippen molar-refractivity contribution in [2.24, 2.45) is 4.99 Å². The lowest BCUT2D eigenvalue weighted by molar-refractivity contribution is -0.139. The van der Waals surface area contributed by atoms with Gasteiger partial charge in [-0.15, -0.1) is 0 Å². The first kappa shape index (κ1) is 22.2. The maximum Gasteiger partial charge on any atom is 0.341 e. The van der Waals surface area contributed by atoms with Gasteiger partial charge in [-0.3, -0.25) is 4.79 Å². The molecule has 0 aromatic heterocycles. The average Bonchev–Trinajstić information content (AvgIpc) is 3.01. The molecule has 7 nitrogen and oxygen atoms in total. The van der Waals surface area contributed by atoms with Crippen molar-refractivity contribution in [3.05, 3.63) is 55.9 Å². The summed E-state index contributed by atoms with van der Waals surface area (Å²) in [6.07, 6.45) is 1.69. The van der Waals surface area contributed by atoms with Gasteiger partial charge in [-0.2, -0.15) is 0 Å². The number of halogens is 2. The molecule has 2 aromatic carbocycles. The third-order valence-corrected chi connectivity index (χ3v) is 5.66. The fourth-order valence-electron chi connectivity index (χ4n) is 2.58. The van der Waals surface area contributed by atoms with Gasteiger partial charge in [-0.05, 0) is 82.2 Å². The van der Waals surface area contributed by atoms with Gasteiger partial charge in [0, 0.05) is 5.02 Å². The van der Waals surface area contributed by atoms with Crippen LogP contribution in [0.25, 0.3) is 6.08 Å². The van der Waals surface area contributed by atoms with E-state index in [9.17, 15) is 9.59 Å². The van der Waals surface area contributed by atoms with Crippen LogP contribution in [-0.4, -0.2) is 35.9 Å². The number of thioether (sulfide) groups is 1. The van der Waals surface area contributed by atoms with Gasteiger partial charge in [-0.1, -0.05) is 11.6 Å². The number of carbonyl (C=O) groups is 2. The summed E-state index contributed by atoms with van der Waals surface area (Å²) in [6.45, 7) is 1.39. The van der Waals surface area contributed by atoms with Crippen molar-refractivity contribution in [2.45, 2.75) is 6.92 Å². The second-order valence-electron chi connectivity index (χ2n) is 6.13. The normalized spacial score (nSPS) is 16.1. The van der Waals surface area contributed by atoms with E-state index in [-0.39, 0.29) is 11.7 Å². The van der Waals surface area contributed by atoms with Gasteiger partial charge >= 0.3 is 5.97 Å². The Hall–Kier alpha value is -2.49. The number of aliphatic imine (C=N–C) groups is 1. The molecular formula is C20H16BrClN2O5S. The Kier molecular flexibility index (Phi) is 7.06. The zero-order valence-electron chi connectivity index (χ0n) is 15.9. The summed E-state index contributed by atoms with van der Waals surface area (Å²) in [7, 11) is 1.45. The monoisotopic (exact) mass is 510 g/mol. The third kappa shape index (κ3) is 5.35. The lowest BCUT2D eigenvalue weighted by atomic mass is 10.2. The number of carbonyl (C=O) groups excluding carboxylic acids is 1. The van der Waals surface area contributed by atoms with Crippen molar-refractivity contribution < 1.29 is 24.2 Å². The largest absolute Gasteiger partial charge is 0.493 e. The molecule has 1 aliphatic rings. The highest BCUT2D eigenvalue weighted by atomic mass is 79.9. The highest BCUT2D eigenvalue weighted by Gasteiger charge is 2.24. The van der Waals surface area contributed by atoms with Crippen LogP contribution in [0, 0.1) is 6.92 Å². The molecule has 0 unspecified atom stereocenters. The molecule has 1 fully saturated rings. The molecule has 0 radical (unpaired) electrons. The lowest BCUT2D eigenvalue weighted by Crippen LogP contribution is -2.19. The molecule has 0 aliphatic carbocycles. The van der Waals surface area contributed by atoms with Crippen LogP contribution in [0.2, 0.25) is 5.02 Å². The average molecular weight is 512 g/mol. The molecule has 1 heterocycles. The summed E-state index contributed by atoms with van der Waals surface area (Å²) in [5.41, 5.74) is 2.28. The van der Waals surface area contributed by atoms with E-state index in [2.05, 4.69) is 26.2 Å². The van der Waals surface area contributed by atoms with Crippen molar-refractivity contribution in [2.75, 3.05) is 13.7 Å². The van der Waals surface area contributed by atoms with E-state index in [1.807, 2.05) is 6.92 Å². The molecule has 1 amide bonds. The summed E-state index contributed by atoms with van der Waals surface area (Å²) in [4.78, 5) is 28.1. The number of hydrogen-bond acceptors (Lipinski definition) is 6. The van der Waals surface area contributed by atoms with Crippen LogP contribution in [-0.2, 0) is 9.59 Å². The molecule has 0 bridgehead atoms. The number of hydrogen-bond donors (Lipinski definition) is 2. The summed E-state index contributed by atoms with van der Waals surface area (Å²) in [5, 5.41) is 12.6. The van der Waals surface area contributed by atoms with Crippen molar-refractivity contribution >= 4 is 68.1 Å². The maximum absolute atomic E-state index is 12.4. The molecule has 156 valence electrons. The van der Waals surface area contributed by atoms with Gasteiger partial charge in [0.15, 0.2) is 23.3 Å². The van der Waals surface area contributed by atoms with E-state index in [1.54, 1.807) is 36.4 Å². The quantitative estimate of drug-likeness (QED) is 0.542. The van der Waals surface area contributed by atoms with E-state index in [0.29, 0.717) is 36.6 Å². The number of rotatable bonds is 6. The number of nitrogens with zero attached hydrogens (tertiary/aromatic N) is 1. The van der Waals surface area contributed by atoms with Gasteiger partial charge in [0.05, 0.1) is 22.2 Å². The van der Waals surface area contributed by atoms with E-state index < -0.39 is 12.6 Å². The van der Waals surface area contributed by atoms with E-state index >= 15 is 0 Å². The number of amidine groups is 1. The summed E-state index contributed by atoms with van der Waals surface area (Å²) in [6, 6.07) is 8.69. The first-order valence-electron chi connectivity index (χ1n) is 8.54. The first-order valence-corrected chi connectivity index (χ1v) is 10.5. The highest BCUT2D eigenvalue weighted by molar-refractivity contribution is 9.10. The minimum absolute atomic E-state index is 0.269. The summed E-state index contributed by atoms with van der Waals surface area (Å²) in [5.74, 6) is -0.763. The number of carboxylic acid groups (broad SMARTS) is 1. The molecular weight excluding hydrogens is 496 g/mol. The number of amides is 1. The molecule has 2 N–H and O–H groups in total. The number of benzene rings is 2. The molecule has 0 spiro atoms. The summed E-state index contributed by atoms with van der Waals surface area (Å²) >= 11 is 10.5. The number of carboxylic acids is 1. The number of aryl methyl sites for hydroxylation is 1. The topological polar surface area (TPSA) is 97.2 Å².